The van der Waals surface area contributed by atoms with Crippen LogP contribution in [0, 0.1) is 0 Å². The van der Waals surface area contributed by atoms with E-state index in [-0.39, 0.29) is 0 Å². The third-order valence-corrected chi connectivity index (χ3v) is 3.33. The fourth-order valence-corrected chi connectivity index (χ4v) is 2.43. The normalized spacial score (nSPS) is 14.2. The Balaban J connectivity index is 6.19. The molecule has 12 heteroatoms. The molecule has 0 aliphatic rings. The van der Waals surface area contributed by atoms with Gasteiger partial charge in [-0.1, -0.05) is 0 Å². The monoisotopic (exact) mass is 433 g/mol. The fourth-order valence-electron chi connectivity index (χ4n) is 2.43. The molecule has 170 valence electrons. The summed E-state index contributed by atoms with van der Waals surface area (Å²) < 4.78 is 25.2. The maximum absolute atomic E-state index is 11.8. The molecule has 0 spiro atoms. The van der Waals surface area contributed by atoms with Crippen molar-refractivity contribution in [1.82, 2.24) is 5.32 Å². The molecule has 30 heavy (non-hydrogen) atoms. The Morgan fingerprint density at radius 2 is 1.00 bits per heavy atom. The first-order valence-corrected chi connectivity index (χ1v) is 8.88. The molecule has 0 aromatic rings. The average Bonchev–Trinajstić information content (AvgIpc) is 2.57. The van der Waals surface area contributed by atoms with Crippen molar-refractivity contribution in [1.29, 1.82) is 0 Å². The zero-order valence-electron chi connectivity index (χ0n) is 17.7. The largest absolute Gasteiger partial charge is 0.462 e. The minimum atomic E-state index is -1.46. The summed E-state index contributed by atoms with van der Waals surface area (Å²) in [5.74, 6) is -4.44. The van der Waals surface area contributed by atoms with Crippen LogP contribution in [0.5, 0.6) is 0 Å². The number of esters is 5. The van der Waals surface area contributed by atoms with E-state index in [0.717, 1.165) is 41.5 Å². The van der Waals surface area contributed by atoms with Gasteiger partial charge >= 0.3 is 29.8 Å². The van der Waals surface area contributed by atoms with Crippen LogP contribution in [0.3, 0.4) is 0 Å². The molecule has 0 radical (unpaired) electrons. The Hall–Kier alpha value is -3.18. The van der Waals surface area contributed by atoms with Crippen LogP contribution in [-0.2, 0) is 52.5 Å². The summed E-state index contributed by atoms with van der Waals surface area (Å²) in [5, 5.41) is 2.44. The summed E-state index contributed by atoms with van der Waals surface area (Å²) in [5.41, 5.74) is 0. The lowest BCUT2D eigenvalue weighted by molar-refractivity contribution is -0.183. The molecule has 0 unspecified atom stereocenters. The summed E-state index contributed by atoms with van der Waals surface area (Å²) in [6, 6.07) is -1.32. The van der Waals surface area contributed by atoms with E-state index in [1.165, 1.54) is 0 Å². The number of rotatable bonds is 11. The van der Waals surface area contributed by atoms with Crippen molar-refractivity contribution in [3.63, 3.8) is 0 Å². The third-order valence-electron chi connectivity index (χ3n) is 3.33. The Morgan fingerprint density at radius 3 is 1.37 bits per heavy atom. The van der Waals surface area contributed by atoms with E-state index in [9.17, 15) is 28.8 Å². The molecule has 0 aromatic carbocycles. The van der Waals surface area contributed by atoms with Crippen LogP contribution in [0.2, 0.25) is 0 Å². The van der Waals surface area contributed by atoms with Crippen molar-refractivity contribution in [2.45, 2.75) is 65.9 Å². The Bertz CT molecular complexity index is 605. The van der Waals surface area contributed by atoms with Crippen LogP contribution in [0.15, 0.2) is 0 Å². The van der Waals surface area contributed by atoms with Gasteiger partial charge in [0.2, 0.25) is 5.91 Å². The van der Waals surface area contributed by atoms with Gasteiger partial charge in [0.15, 0.2) is 18.3 Å². The lowest BCUT2D eigenvalue weighted by Gasteiger charge is -2.36. The summed E-state index contributed by atoms with van der Waals surface area (Å²) in [7, 11) is 0. The Kier molecular flexibility index (Phi) is 11.7. The molecular formula is C18H27NO11. The number of ether oxygens (including phenoxy) is 5. The molecule has 1 N–H and O–H groups in total. The highest BCUT2D eigenvalue weighted by Gasteiger charge is 2.42. The number of nitrogens with one attached hydrogen (secondary N) is 1. The number of hydrogen-bond acceptors (Lipinski definition) is 11. The van der Waals surface area contributed by atoms with Gasteiger partial charge in [-0.05, 0) is 0 Å². The van der Waals surface area contributed by atoms with Crippen LogP contribution >= 0.6 is 0 Å². The van der Waals surface area contributed by atoms with Gasteiger partial charge in [-0.2, -0.15) is 0 Å². The van der Waals surface area contributed by atoms with E-state index in [1.54, 1.807) is 0 Å². The van der Waals surface area contributed by atoms with E-state index in [0.29, 0.717) is 0 Å². The number of carbonyl (C=O) groups is 6. The van der Waals surface area contributed by atoms with Crippen LogP contribution in [0.1, 0.15) is 41.5 Å². The predicted octanol–water partition coefficient (Wildman–Crippen LogP) is -0.588. The van der Waals surface area contributed by atoms with E-state index >= 15 is 0 Å². The van der Waals surface area contributed by atoms with E-state index in [1.807, 2.05) is 0 Å². The number of amides is 1. The molecule has 0 aromatic heterocycles. The topological polar surface area (TPSA) is 161 Å². The first-order valence-electron chi connectivity index (χ1n) is 8.88. The average molecular weight is 433 g/mol. The molecule has 0 fully saturated rings. The van der Waals surface area contributed by atoms with Crippen LogP contribution in [-0.4, -0.2) is 73.3 Å². The molecule has 0 saturated carbocycles. The predicted molar refractivity (Wildman–Crippen MR) is 97.5 cm³/mol. The summed E-state index contributed by atoms with van der Waals surface area (Å²) in [6.07, 6.45) is -4.16. The molecule has 0 rings (SSSR count). The van der Waals surface area contributed by atoms with E-state index < -0.39 is 73.3 Å². The summed E-state index contributed by atoms with van der Waals surface area (Å²) in [4.78, 5) is 69.0. The second-order valence-corrected chi connectivity index (χ2v) is 6.20. The van der Waals surface area contributed by atoms with Gasteiger partial charge in [0.1, 0.15) is 19.3 Å². The van der Waals surface area contributed by atoms with Gasteiger partial charge in [0.05, 0.1) is 0 Å². The van der Waals surface area contributed by atoms with Crippen molar-refractivity contribution in [3.8, 4) is 0 Å². The minimum Gasteiger partial charge on any atom is -0.462 e. The third kappa shape index (κ3) is 11.6. The van der Waals surface area contributed by atoms with Gasteiger partial charge in [0.25, 0.3) is 0 Å². The van der Waals surface area contributed by atoms with Crippen molar-refractivity contribution in [3.05, 3.63) is 0 Å². The maximum Gasteiger partial charge on any atom is 0.303 e. The van der Waals surface area contributed by atoms with Crippen molar-refractivity contribution in [2.75, 3.05) is 13.2 Å². The van der Waals surface area contributed by atoms with Crippen molar-refractivity contribution in [2.24, 2.45) is 0 Å². The van der Waals surface area contributed by atoms with Crippen molar-refractivity contribution < 1.29 is 52.5 Å². The molecule has 0 bridgehead atoms. The zero-order chi connectivity index (χ0) is 23.4. The van der Waals surface area contributed by atoms with Crippen LogP contribution in [0.4, 0.5) is 0 Å². The SMILES string of the molecule is CC(=O)N[C@@H]([C@H](OC(C)=O)[C@@H](COC(C)=O)OC(C)=O)[C@H](COC(C)=O)OC(C)=O. The van der Waals surface area contributed by atoms with E-state index in [2.05, 4.69) is 5.32 Å². The van der Waals surface area contributed by atoms with Crippen molar-refractivity contribution >= 4 is 35.8 Å². The number of carbonyl (C=O) groups excluding carboxylic acids is 6. The molecule has 4 atom stereocenters. The molecule has 1 amide bonds. The fraction of sp³-hybridized carbons (Fsp3) is 0.667. The summed E-state index contributed by atoms with van der Waals surface area (Å²) in [6.45, 7) is 5.55. The summed E-state index contributed by atoms with van der Waals surface area (Å²) >= 11 is 0. The first kappa shape index (κ1) is 26.8. The quantitative estimate of drug-likeness (QED) is 0.327. The Labute approximate surface area is 173 Å². The standard InChI is InChI=1S/C18H27NO11/c1-9(20)19-17(15(28-12(4)23)7-26-10(2)21)18(30-14(6)25)16(29-13(5)24)8-27-11(3)22/h15-18H,7-8H2,1-6H3,(H,19,20)/t15-,16+,17+,18+/m0/s1. The van der Waals surface area contributed by atoms with Gasteiger partial charge < -0.3 is 29.0 Å². The first-order chi connectivity index (χ1) is 13.8. The van der Waals surface area contributed by atoms with Gasteiger partial charge in [-0.15, -0.1) is 0 Å². The highest BCUT2D eigenvalue weighted by atomic mass is 16.6. The highest BCUT2D eigenvalue weighted by molar-refractivity contribution is 5.74. The van der Waals surface area contributed by atoms with Gasteiger partial charge in [-0.25, -0.2) is 0 Å². The maximum atomic E-state index is 11.8. The second-order valence-electron chi connectivity index (χ2n) is 6.20. The van der Waals surface area contributed by atoms with Gasteiger partial charge in [0, 0.05) is 41.5 Å². The minimum absolute atomic E-state index is 0.502. The molecular weight excluding hydrogens is 406 g/mol. The number of hydrogen-bond donors (Lipinski definition) is 1. The molecule has 12 nitrogen and oxygen atoms in total. The smallest absolute Gasteiger partial charge is 0.303 e. The Morgan fingerprint density at radius 1 is 0.600 bits per heavy atom. The molecule has 0 saturated heterocycles. The highest BCUT2D eigenvalue weighted by Crippen LogP contribution is 2.17. The molecule has 0 aliphatic heterocycles. The van der Waals surface area contributed by atoms with E-state index in [4.69, 9.17) is 23.7 Å². The molecule has 0 aliphatic carbocycles. The lowest BCUT2D eigenvalue weighted by Crippen LogP contribution is -2.59. The zero-order valence-corrected chi connectivity index (χ0v) is 17.7. The lowest BCUT2D eigenvalue weighted by atomic mass is 9.99. The van der Waals surface area contributed by atoms with Crippen LogP contribution < -0.4 is 5.32 Å². The van der Waals surface area contributed by atoms with Gasteiger partial charge in [-0.3, -0.25) is 28.8 Å². The van der Waals surface area contributed by atoms with Crippen LogP contribution in [0.25, 0.3) is 0 Å². The second kappa shape index (κ2) is 13.1. The molecule has 0 heterocycles.